The lowest BCUT2D eigenvalue weighted by molar-refractivity contribution is 0.848. The second-order valence-corrected chi connectivity index (χ2v) is 5.91. The average Bonchev–Trinajstić information content (AvgIpc) is 2.47. The van der Waals surface area contributed by atoms with E-state index in [9.17, 15) is 5.26 Å². The normalized spacial score (nSPS) is 11.7. The summed E-state index contributed by atoms with van der Waals surface area (Å²) in [7, 11) is 4.03. The zero-order valence-corrected chi connectivity index (χ0v) is 13.3. The van der Waals surface area contributed by atoms with E-state index in [2.05, 4.69) is 51.2 Å². The quantitative estimate of drug-likeness (QED) is 0.833. The Morgan fingerprint density at radius 3 is 2.15 bits per heavy atom. The molecule has 0 N–H and O–H groups in total. The minimum atomic E-state index is -0.104. The SMILES string of the molecule is CN(C)c1ccc(C(C#N)Cc2ccc(Br)cc2)cc1. The first kappa shape index (κ1) is 14.6. The molecule has 0 aliphatic carbocycles. The van der Waals surface area contributed by atoms with Gasteiger partial charge in [-0.2, -0.15) is 5.26 Å². The Hall–Kier alpha value is -1.79. The molecule has 102 valence electrons. The molecule has 1 unspecified atom stereocenters. The molecule has 0 fully saturated rings. The summed E-state index contributed by atoms with van der Waals surface area (Å²) in [6.07, 6.45) is 0.741. The van der Waals surface area contributed by atoms with E-state index in [1.54, 1.807) is 0 Å². The van der Waals surface area contributed by atoms with Gasteiger partial charge in [-0.15, -0.1) is 0 Å². The van der Waals surface area contributed by atoms with Crippen LogP contribution in [0.2, 0.25) is 0 Å². The molecule has 0 bridgehead atoms. The summed E-state index contributed by atoms with van der Waals surface area (Å²) < 4.78 is 1.06. The van der Waals surface area contributed by atoms with Crippen LogP contribution in [0.4, 0.5) is 5.69 Å². The minimum absolute atomic E-state index is 0.104. The van der Waals surface area contributed by atoms with Crippen LogP contribution in [0.15, 0.2) is 53.0 Å². The molecule has 2 aromatic carbocycles. The van der Waals surface area contributed by atoms with Crippen molar-refractivity contribution in [2.45, 2.75) is 12.3 Å². The number of hydrogen-bond donors (Lipinski definition) is 0. The fraction of sp³-hybridized carbons (Fsp3) is 0.235. The van der Waals surface area contributed by atoms with Gasteiger partial charge < -0.3 is 4.90 Å². The van der Waals surface area contributed by atoms with E-state index >= 15 is 0 Å². The number of hydrogen-bond acceptors (Lipinski definition) is 2. The fourth-order valence-electron chi connectivity index (χ4n) is 2.10. The Kier molecular flexibility index (Phi) is 4.81. The topological polar surface area (TPSA) is 27.0 Å². The van der Waals surface area contributed by atoms with Crippen LogP contribution >= 0.6 is 15.9 Å². The van der Waals surface area contributed by atoms with Gasteiger partial charge in [0.05, 0.1) is 12.0 Å². The van der Waals surface area contributed by atoms with E-state index in [1.165, 1.54) is 5.56 Å². The summed E-state index contributed by atoms with van der Waals surface area (Å²) in [5, 5.41) is 9.40. The summed E-state index contributed by atoms with van der Waals surface area (Å²) in [6.45, 7) is 0. The van der Waals surface area contributed by atoms with Gasteiger partial charge in [-0.1, -0.05) is 40.2 Å². The number of nitriles is 1. The van der Waals surface area contributed by atoms with E-state index in [0.29, 0.717) is 0 Å². The standard InChI is InChI=1S/C17H17BrN2/c1-20(2)17-9-5-14(6-10-17)15(12-19)11-13-3-7-16(18)8-4-13/h3-10,15H,11H2,1-2H3. The predicted molar refractivity (Wildman–Crippen MR) is 87.0 cm³/mol. The zero-order chi connectivity index (χ0) is 14.5. The summed E-state index contributed by atoms with van der Waals surface area (Å²) in [5.41, 5.74) is 3.39. The Balaban J connectivity index is 2.16. The van der Waals surface area contributed by atoms with Crippen LogP contribution in [0.1, 0.15) is 17.0 Å². The van der Waals surface area contributed by atoms with Crippen molar-refractivity contribution in [2.75, 3.05) is 19.0 Å². The lowest BCUT2D eigenvalue weighted by Crippen LogP contribution is -2.08. The molecule has 0 saturated carbocycles. The molecular weight excluding hydrogens is 312 g/mol. The maximum Gasteiger partial charge on any atom is 0.0753 e. The molecule has 3 heteroatoms. The van der Waals surface area contributed by atoms with Crippen molar-refractivity contribution >= 4 is 21.6 Å². The van der Waals surface area contributed by atoms with E-state index in [0.717, 1.165) is 22.1 Å². The Morgan fingerprint density at radius 1 is 1.05 bits per heavy atom. The summed E-state index contributed by atoms with van der Waals surface area (Å²) in [5.74, 6) is -0.104. The summed E-state index contributed by atoms with van der Waals surface area (Å²) in [4.78, 5) is 2.06. The number of benzene rings is 2. The van der Waals surface area contributed by atoms with Gasteiger partial charge in [-0.3, -0.25) is 0 Å². The third-order valence-electron chi connectivity index (χ3n) is 3.32. The molecule has 2 rings (SSSR count). The minimum Gasteiger partial charge on any atom is -0.378 e. The molecule has 0 aromatic heterocycles. The van der Waals surface area contributed by atoms with E-state index in [-0.39, 0.29) is 5.92 Å². The molecule has 0 saturated heterocycles. The van der Waals surface area contributed by atoms with Crippen molar-refractivity contribution in [1.29, 1.82) is 5.26 Å². The lowest BCUT2D eigenvalue weighted by Gasteiger charge is -2.14. The van der Waals surface area contributed by atoms with Crippen molar-refractivity contribution in [3.05, 3.63) is 64.1 Å². The highest BCUT2D eigenvalue weighted by atomic mass is 79.9. The zero-order valence-electron chi connectivity index (χ0n) is 11.7. The molecule has 0 aliphatic heterocycles. The van der Waals surface area contributed by atoms with Crippen molar-refractivity contribution < 1.29 is 0 Å². The highest BCUT2D eigenvalue weighted by molar-refractivity contribution is 9.10. The maximum absolute atomic E-state index is 9.40. The fourth-order valence-corrected chi connectivity index (χ4v) is 2.36. The number of rotatable bonds is 4. The van der Waals surface area contributed by atoms with Gasteiger partial charge in [-0.05, 0) is 41.8 Å². The van der Waals surface area contributed by atoms with Crippen molar-refractivity contribution in [3.63, 3.8) is 0 Å². The van der Waals surface area contributed by atoms with Crippen LogP contribution in [0.3, 0.4) is 0 Å². The van der Waals surface area contributed by atoms with Gasteiger partial charge in [0, 0.05) is 24.3 Å². The third-order valence-corrected chi connectivity index (χ3v) is 3.85. The van der Waals surface area contributed by atoms with Crippen LogP contribution in [0, 0.1) is 11.3 Å². The molecular formula is C17H17BrN2. The first-order valence-electron chi connectivity index (χ1n) is 6.51. The molecule has 2 nitrogen and oxygen atoms in total. The van der Waals surface area contributed by atoms with Crippen molar-refractivity contribution in [1.82, 2.24) is 0 Å². The van der Waals surface area contributed by atoms with Crippen molar-refractivity contribution in [2.24, 2.45) is 0 Å². The Bertz CT molecular complexity index is 594. The van der Waals surface area contributed by atoms with Gasteiger partial charge in [0.1, 0.15) is 0 Å². The first-order valence-corrected chi connectivity index (χ1v) is 7.31. The summed E-state index contributed by atoms with van der Waals surface area (Å²) >= 11 is 3.43. The molecule has 0 spiro atoms. The van der Waals surface area contributed by atoms with Crippen LogP contribution < -0.4 is 4.90 Å². The maximum atomic E-state index is 9.40. The Labute approximate surface area is 128 Å². The third kappa shape index (κ3) is 3.61. The molecule has 0 radical (unpaired) electrons. The second kappa shape index (κ2) is 6.58. The smallest absolute Gasteiger partial charge is 0.0753 e. The summed E-state index contributed by atoms with van der Waals surface area (Å²) in [6, 6.07) is 18.7. The second-order valence-electron chi connectivity index (χ2n) is 5.00. The van der Waals surface area contributed by atoms with Crippen LogP contribution in [0.5, 0.6) is 0 Å². The molecule has 0 aliphatic rings. The highest BCUT2D eigenvalue weighted by Gasteiger charge is 2.11. The van der Waals surface area contributed by atoms with Gasteiger partial charge in [0.2, 0.25) is 0 Å². The number of halogens is 1. The average molecular weight is 329 g/mol. The van der Waals surface area contributed by atoms with E-state index < -0.39 is 0 Å². The number of anilines is 1. The molecule has 0 heterocycles. The van der Waals surface area contributed by atoms with Gasteiger partial charge in [0.25, 0.3) is 0 Å². The monoisotopic (exact) mass is 328 g/mol. The predicted octanol–water partition coefficient (Wildman–Crippen LogP) is 4.36. The van der Waals surface area contributed by atoms with Gasteiger partial charge >= 0.3 is 0 Å². The molecule has 20 heavy (non-hydrogen) atoms. The molecule has 2 aromatic rings. The van der Waals surface area contributed by atoms with Crippen LogP contribution in [0.25, 0.3) is 0 Å². The van der Waals surface area contributed by atoms with Gasteiger partial charge in [0.15, 0.2) is 0 Å². The highest BCUT2D eigenvalue weighted by Crippen LogP contribution is 2.23. The van der Waals surface area contributed by atoms with Gasteiger partial charge in [-0.25, -0.2) is 0 Å². The van der Waals surface area contributed by atoms with Crippen LogP contribution in [-0.4, -0.2) is 14.1 Å². The Morgan fingerprint density at radius 2 is 1.65 bits per heavy atom. The molecule has 0 amide bonds. The first-order chi connectivity index (χ1) is 9.60. The lowest BCUT2D eigenvalue weighted by atomic mass is 9.93. The number of nitrogens with zero attached hydrogens (tertiary/aromatic N) is 2. The van der Waals surface area contributed by atoms with E-state index in [1.807, 2.05) is 38.4 Å². The largest absolute Gasteiger partial charge is 0.378 e. The van der Waals surface area contributed by atoms with Crippen LogP contribution in [-0.2, 0) is 6.42 Å². The van der Waals surface area contributed by atoms with E-state index in [4.69, 9.17) is 0 Å². The molecule has 1 atom stereocenters. The van der Waals surface area contributed by atoms with Crippen molar-refractivity contribution in [3.8, 4) is 6.07 Å².